The maximum Gasteiger partial charge on any atom is 0.221 e. The molecule has 21 heavy (non-hydrogen) atoms. The number of likely N-dealkylation sites (tertiary alicyclic amines) is 1. The fourth-order valence-electron chi connectivity index (χ4n) is 3.92. The van der Waals surface area contributed by atoms with Gasteiger partial charge in [0.25, 0.3) is 0 Å². The van der Waals surface area contributed by atoms with Gasteiger partial charge in [-0.3, -0.25) is 9.69 Å². The fourth-order valence-corrected chi connectivity index (χ4v) is 3.92. The summed E-state index contributed by atoms with van der Waals surface area (Å²) in [7, 11) is 0. The first-order valence-electron chi connectivity index (χ1n) is 8.72. The van der Waals surface area contributed by atoms with Gasteiger partial charge in [0.1, 0.15) is 0 Å². The number of nitrogens with one attached hydrogen (secondary N) is 1. The molecule has 2 rings (SSSR count). The number of rotatable bonds is 5. The van der Waals surface area contributed by atoms with Crippen molar-refractivity contribution in [2.24, 2.45) is 5.73 Å². The molecule has 1 amide bonds. The van der Waals surface area contributed by atoms with Crippen molar-refractivity contribution >= 4 is 5.91 Å². The Hall–Kier alpha value is -0.610. The summed E-state index contributed by atoms with van der Waals surface area (Å²) >= 11 is 0. The predicted octanol–water partition coefficient (Wildman–Crippen LogP) is 2.42. The number of hydrogen-bond acceptors (Lipinski definition) is 3. The van der Waals surface area contributed by atoms with Gasteiger partial charge >= 0.3 is 0 Å². The molecule has 4 nitrogen and oxygen atoms in total. The summed E-state index contributed by atoms with van der Waals surface area (Å²) in [6.45, 7) is 7.04. The molecule has 0 atom stereocenters. The second kappa shape index (κ2) is 7.10. The lowest BCUT2D eigenvalue weighted by atomic mass is 9.79. The van der Waals surface area contributed by atoms with E-state index in [1.807, 2.05) is 13.8 Å². The van der Waals surface area contributed by atoms with Gasteiger partial charge in [0.2, 0.25) is 5.91 Å². The van der Waals surface area contributed by atoms with Crippen molar-refractivity contribution < 1.29 is 4.79 Å². The summed E-state index contributed by atoms with van der Waals surface area (Å²) in [4.78, 5) is 14.8. The Labute approximate surface area is 129 Å². The van der Waals surface area contributed by atoms with Gasteiger partial charge in [0.05, 0.1) is 0 Å². The van der Waals surface area contributed by atoms with Crippen molar-refractivity contribution in [3.63, 3.8) is 0 Å². The molecule has 3 N–H and O–H groups in total. The highest BCUT2D eigenvalue weighted by molar-refractivity contribution is 5.77. The topological polar surface area (TPSA) is 58.4 Å². The molecule has 0 spiro atoms. The lowest BCUT2D eigenvalue weighted by Gasteiger charge is -2.48. The Bertz CT molecular complexity index is 336. The molecule has 1 heterocycles. The lowest BCUT2D eigenvalue weighted by Crippen LogP contribution is -2.58. The van der Waals surface area contributed by atoms with Crippen LogP contribution in [0.5, 0.6) is 0 Å². The number of amides is 1. The smallest absolute Gasteiger partial charge is 0.221 e. The van der Waals surface area contributed by atoms with Gasteiger partial charge in [0.15, 0.2) is 0 Å². The van der Waals surface area contributed by atoms with E-state index in [9.17, 15) is 4.79 Å². The third kappa shape index (κ3) is 4.96. The first-order chi connectivity index (χ1) is 9.91. The average Bonchev–Trinajstić information content (AvgIpc) is 2.45. The molecule has 2 aliphatic rings. The summed E-state index contributed by atoms with van der Waals surface area (Å²) in [6, 6.07) is 0. The molecule has 0 aromatic heterocycles. The molecule has 0 radical (unpaired) electrons. The molecule has 1 aliphatic carbocycles. The lowest BCUT2D eigenvalue weighted by molar-refractivity contribution is -0.123. The minimum atomic E-state index is -0.422. The van der Waals surface area contributed by atoms with E-state index in [0.29, 0.717) is 6.42 Å². The van der Waals surface area contributed by atoms with Gasteiger partial charge in [-0.2, -0.15) is 0 Å². The van der Waals surface area contributed by atoms with Gasteiger partial charge in [0, 0.05) is 24.0 Å². The Morgan fingerprint density at radius 2 is 1.67 bits per heavy atom. The maximum absolute atomic E-state index is 12.1. The Balaban J connectivity index is 1.94. The van der Waals surface area contributed by atoms with Crippen LogP contribution < -0.4 is 11.1 Å². The summed E-state index contributed by atoms with van der Waals surface area (Å²) in [5.74, 6) is 0.101. The molecule has 1 saturated carbocycles. The van der Waals surface area contributed by atoms with Crippen LogP contribution in [0.1, 0.15) is 71.6 Å². The molecule has 0 bridgehead atoms. The van der Waals surface area contributed by atoms with E-state index < -0.39 is 5.54 Å². The highest BCUT2D eigenvalue weighted by Crippen LogP contribution is 2.35. The molecule has 2 fully saturated rings. The fraction of sp³-hybridized carbons (Fsp3) is 0.941. The zero-order valence-corrected chi connectivity index (χ0v) is 13.9. The highest BCUT2D eigenvalue weighted by atomic mass is 16.1. The third-order valence-electron chi connectivity index (χ3n) is 5.04. The number of carbonyl (C=O) groups is 1. The van der Waals surface area contributed by atoms with Gasteiger partial charge in [-0.25, -0.2) is 0 Å². The Morgan fingerprint density at radius 3 is 2.24 bits per heavy atom. The second-order valence-corrected chi connectivity index (χ2v) is 7.77. The van der Waals surface area contributed by atoms with E-state index in [0.717, 1.165) is 6.54 Å². The van der Waals surface area contributed by atoms with E-state index >= 15 is 0 Å². The quantitative estimate of drug-likeness (QED) is 0.819. The standard InChI is InChI=1S/C17H33N3O/c1-16(2,18)13-15(21)19-14-17(9-5-3-6-10-17)20-11-7-4-8-12-20/h3-14,18H2,1-2H3,(H,19,21). The van der Waals surface area contributed by atoms with E-state index in [1.54, 1.807) is 0 Å². The minimum absolute atomic E-state index is 0.101. The molecule has 0 aromatic rings. The monoisotopic (exact) mass is 295 g/mol. The van der Waals surface area contributed by atoms with Crippen LogP contribution in [-0.4, -0.2) is 41.5 Å². The van der Waals surface area contributed by atoms with E-state index in [-0.39, 0.29) is 11.4 Å². The third-order valence-corrected chi connectivity index (χ3v) is 5.04. The minimum Gasteiger partial charge on any atom is -0.354 e. The largest absolute Gasteiger partial charge is 0.354 e. The zero-order chi connectivity index (χ0) is 15.3. The molecular formula is C17H33N3O. The molecule has 122 valence electrons. The molecule has 4 heteroatoms. The Kier molecular flexibility index (Phi) is 5.67. The van der Waals surface area contributed by atoms with Gasteiger partial charge in [-0.1, -0.05) is 25.7 Å². The van der Waals surface area contributed by atoms with E-state index in [1.165, 1.54) is 64.5 Å². The van der Waals surface area contributed by atoms with E-state index in [2.05, 4.69) is 10.2 Å². The first-order valence-corrected chi connectivity index (χ1v) is 8.72. The van der Waals surface area contributed by atoms with Crippen LogP contribution in [0.25, 0.3) is 0 Å². The average molecular weight is 295 g/mol. The van der Waals surface area contributed by atoms with Crippen LogP contribution >= 0.6 is 0 Å². The number of nitrogens with two attached hydrogens (primary N) is 1. The van der Waals surface area contributed by atoms with Gasteiger partial charge in [-0.15, -0.1) is 0 Å². The van der Waals surface area contributed by atoms with Crippen molar-refractivity contribution in [1.29, 1.82) is 0 Å². The maximum atomic E-state index is 12.1. The highest BCUT2D eigenvalue weighted by Gasteiger charge is 2.38. The molecule has 1 saturated heterocycles. The van der Waals surface area contributed by atoms with Crippen LogP contribution in [-0.2, 0) is 4.79 Å². The SMILES string of the molecule is CC(C)(N)CC(=O)NCC1(N2CCCCC2)CCCCC1. The van der Waals surface area contributed by atoms with Crippen LogP contribution in [0.15, 0.2) is 0 Å². The summed E-state index contributed by atoms with van der Waals surface area (Å²) in [5, 5.41) is 3.19. The van der Waals surface area contributed by atoms with Crippen LogP contribution in [0, 0.1) is 0 Å². The summed E-state index contributed by atoms with van der Waals surface area (Å²) < 4.78 is 0. The summed E-state index contributed by atoms with van der Waals surface area (Å²) in [6.07, 6.45) is 10.8. The van der Waals surface area contributed by atoms with E-state index in [4.69, 9.17) is 5.73 Å². The first kappa shape index (κ1) is 16.8. The molecule has 1 aliphatic heterocycles. The van der Waals surface area contributed by atoms with Crippen LogP contribution in [0.4, 0.5) is 0 Å². The van der Waals surface area contributed by atoms with Crippen molar-refractivity contribution in [3.05, 3.63) is 0 Å². The van der Waals surface area contributed by atoms with Crippen molar-refractivity contribution in [3.8, 4) is 0 Å². The van der Waals surface area contributed by atoms with Crippen molar-refractivity contribution in [1.82, 2.24) is 10.2 Å². The van der Waals surface area contributed by atoms with Crippen LogP contribution in [0.2, 0.25) is 0 Å². The number of hydrogen-bond donors (Lipinski definition) is 2. The number of piperidine rings is 1. The molecule has 0 aromatic carbocycles. The second-order valence-electron chi connectivity index (χ2n) is 7.77. The normalized spacial score (nSPS) is 23.8. The number of carbonyl (C=O) groups excluding carboxylic acids is 1. The zero-order valence-electron chi connectivity index (χ0n) is 13.9. The van der Waals surface area contributed by atoms with Crippen LogP contribution in [0.3, 0.4) is 0 Å². The number of nitrogens with zero attached hydrogens (tertiary/aromatic N) is 1. The van der Waals surface area contributed by atoms with Gasteiger partial charge in [-0.05, 0) is 52.6 Å². The predicted molar refractivity (Wildman–Crippen MR) is 87.1 cm³/mol. The van der Waals surface area contributed by atoms with Crippen molar-refractivity contribution in [2.45, 2.75) is 82.7 Å². The Morgan fingerprint density at radius 1 is 1.10 bits per heavy atom. The summed E-state index contributed by atoms with van der Waals surface area (Å²) in [5.41, 5.74) is 5.74. The molecule has 0 unspecified atom stereocenters. The van der Waals surface area contributed by atoms with Gasteiger partial charge < -0.3 is 11.1 Å². The molecular weight excluding hydrogens is 262 g/mol. The van der Waals surface area contributed by atoms with Crippen molar-refractivity contribution in [2.75, 3.05) is 19.6 Å².